The normalized spacial score (nSPS) is 15.2. The predicted octanol–water partition coefficient (Wildman–Crippen LogP) is 2.37. The maximum absolute atomic E-state index is 11.3. The molecule has 0 aliphatic heterocycles. The molecular weight excluding hydrogens is 210 g/mol. The van der Waals surface area contributed by atoms with Crippen LogP contribution in [0.15, 0.2) is 24.3 Å². The third-order valence-electron chi connectivity index (χ3n) is 3.16. The van der Waals surface area contributed by atoms with Gasteiger partial charge in [0.15, 0.2) is 0 Å². The van der Waals surface area contributed by atoms with Gasteiger partial charge in [0.1, 0.15) is 5.78 Å². The Balaban J connectivity index is 2.06. The van der Waals surface area contributed by atoms with Gasteiger partial charge >= 0.3 is 0 Å². The zero-order valence-electron chi connectivity index (χ0n) is 10.3. The Morgan fingerprint density at radius 2 is 2.18 bits per heavy atom. The molecule has 1 aliphatic carbocycles. The monoisotopic (exact) mass is 229 g/mol. The van der Waals surface area contributed by atoms with Crippen LogP contribution in [-0.2, 0) is 17.6 Å². The first kappa shape index (κ1) is 12.1. The van der Waals surface area contributed by atoms with Crippen LogP contribution in [-0.4, -0.2) is 19.4 Å². The number of nitrogens with one attached hydrogen (secondary N) is 1. The van der Waals surface area contributed by atoms with E-state index in [1.807, 2.05) is 7.05 Å². The molecule has 0 amide bonds. The van der Waals surface area contributed by atoms with Crippen molar-refractivity contribution in [3.8, 4) is 0 Å². The van der Waals surface area contributed by atoms with E-state index in [2.05, 4.69) is 35.7 Å². The number of carbonyl (C=O) groups is 1. The zero-order valence-corrected chi connectivity index (χ0v) is 10.3. The molecule has 0 saturated heterocycles. The molecule has 1 N–H and O–H groups in total. The Kier molecular flexibility index (Phi) is 4.10. The standard InChI is InChI=1S/C15H19NO/c1-16-9-3-2-4-12-5-6-14-11-15(17)8-7-13(14)10-12/h2,4-6,10,16H,3,7-9,11H2,1H3. The minimum absolute atomic E-state index is 0.370. The van der Waals surface area contributed by atoms with E-state index in [4.69, 9.17) is 0 Å². The highest BCUT2D eigenvalue weighted by Gasteiger charge is 2.14. The van der Waals surface area contributed by atoms with Crippen molar-refractivity contribution in [3.63, 3.8) is 0 Å². The van der Waals surface area contributed by atoms with Crippen LogP contribution in [0.4, 0.5) is 0 Å². The molecule has 0 heterocycles. The van der Waals surface area contributed by atoms with Gasteiger partial charge in [-0.15, -0.1) is 0 Å². The lowest BCUT2D eigenvalue weighted by atomic mass is 9.89. The second-order valence-corrected chi connectivity index (χ2v) is 4.54. The lowest BCUT2D eigenvalue weighted by molar-refractivity contribution is -0.118. The Hall–Kier alpha value is -1.41. The molecule has 2 nitrogen and oxygen atoms in total. The van der Waals surface area contributed by atoms with Crippen molar-refractivity contribution in [2.24, 2.45) is 0 Å². The third-order valence-corrected chi connectivity index (χ3v) is 3.16. The fourth-order valence-corrected chi connectivity index (χ4v) is 2.18. The molecule has 0 fully saturated rings. The van der Waals surface area contributed by atoms with Crippen molar-refractivity contribution in [1.82, 2.24) is 5.32 Å². The fourth-order valence-electron chi connectivity index (χ4n) is 2.18. The van der Waals surface area contributed by atoms with Gasteiger partial charge in [-0.1, -0.05) is 30.4 Å². The molecule has 1 aromatic rings. The highest BCUT2D eigenvalue weighted by molar-refractivity contribution is 5.83. The van der Waals surface area contributed by atoms with Gasteiger partial charge in [0.2, 0.25) is 0 Å². The summed E-state index contributed by atoms with van der Waals surface area (Å²) in [4.78, 5) is 11.3. The average Bonchev–Trinajstić information content (AvgIpc) is 2.35. The fraction of sp³-hybridized carbons (Fsp3) is 0.400. The molecule has 0 spiro atoms. The van der Waals surface area contributed by atoms with E-state index in [-0.39, 0.29) is 0 Å². The molecule has 0 atom stereocenters. The van der Waals surface area contributed by atoms with Gasteiger partial charge in [0.05, 0.1) is 0 Å². The summed E-state index contributed by atoms with van der Waals surface area (Å²) in [6.45, 7) is 1.01. The molecule has 0 unspecified atom stereocenters. The summed E-state index contributed by atoms with van der Waals surface area (Å²) in [6, 6.07) is 6.43. The maximum atomic E-state index is 11.3. The first-order valence-corrected chi connectivity index (χ1v) is 6.24. The summed E-state index contributed by atoms with van der Waals surface area (Å²) in [7, 11) is 1.96. The Morgan fingerprint density at radius 1 is 1.29 bits per heavy atom. The molecule has 0 saturated carbocycles. The highest BCUT2D eigenvalue weighted by Crippen LogP contribution is 2.21. The van der Waals surface area contributed by atoms with Gasteiger partial charge in [0, 0.05) is 12.8 Å². The van der Waals surface area contributed by atoms with E-state index in [1.54, 1.807) is 0 Å². The molecule has 1 aliphatic rings. The van der Waals surface area contributed by atoms with Gasteiger partial charge in [0.25, 0.3) is 0 Å². The summed E-state index contributed by atoms with van der Waals surface area (Å²) in [5.41, 5.74) is 3.81. The van der Waals surface area contributed by atoms with Crippen molar-refractivity contribution >= 4 is 11.9 Å². The quantitative estimate of drug-likeness (QED) is 0.803. The summed E-state index contributed by atoms with van der Waals surface area (Å²) < 4.78 is 0. The third kappa shape index (κ3) is 3.27. The minimum atomic E-state index is 0.370. The number of rotatable bonds is 4. The SMILES string of the molecule is CNCCC=Cc1ccc2c(c1)CCC(=O)C2. The van der Waals surface area contributed by atoms with Gasteiger partial charge in [-0.05, 0) is 43.1 Å². The van der Waals surface area contributed by atoms with Crippen molar-refractivity contribution in [3.05, 3.63) is 41.0 Å². The number of hydrogen-bond donors (Lipinski definition) is 1. The molecule has 0 aromatic heterocycles. The van der Waals surface area contributed by atoms with E-state index in [0.29, 0.717) is 18.6 Å². The molecule has 17 heavy (non-hydrogen) atoms. The minimum Gasteiger partial charge on any atom is -0.319 e. The largest absolute Gasteiger partial charge is 0.319 e. The first-order valence-electron chi connectivity index (χ1n) is 6.24. The van der Waals surface area contributed by atoms with Crippen LogP contribution >= 0.6 is 0 Å². The predicted molar refractivity (Wildman–Crippen MR) is 71.1 cm³/mol. The summed E-state index contributed by atoms with van der Waals surface area (Å²) in [6.07, 6.45) is 7.64. The highest BCUT2D eigenvalue weighted by atomic mass is 16.1. The number of fused-ring (bicyclic) bond motifs is 1. The van der Waals surface area contributed by atoms with E-state index >= 15 is 0 Å². The molecule has 2 rings (SSSR count). The smallest absolute Gasteiger partial charge is 0.137 e. The van der Waals surface area contributed by atoms with Crippen molar-refractivity contribution in [2.45, 2.75) is 25.7 Å². The Morgan fingerprint density at radius 3 is 3.00 bits per heavy atom. The summed E-state index contributed by atoms with van der Waals surface area (Å²) in [5.74, 6) is 0.370. The number of benzene rings is 1. The van der Waals surface area contributed by atoms with Crippen LogP contribution in [0, 0.1) is 0 Å². The van der Waals surface area contributed by atoms with Gasteiger partial charge < -0.3 is 5.32 Å². The lowest BCUT2D eigenvalue weighted by Gasteiger charge is -2.15. The van der Waals surface area contributed by atoms with Crippen LogP contribution < -0.4 is 5.32 Å². The van der Waals surface area contributed by atoms with Gasteiger partial charge in [-0.3, -0.25) is 4.79 Å². The van der Waals surface area contributed by atoms with Gasteiger partial charge in [-0.2, -0.15) is 0 Å². The Labute approximate surface area is 103 Å². The van der Waals surface area contributed by atoms with Crippen molar-refractivity contribution < 1.29 is 4.79 Å². The summed E-state index contributed by atoms with van der Waals surface area (Å²) >= 11 is 0. The summed E-state index contributed by atoms with van der Waals surface area (Å²) in [5, 5.41) is 3.12. The van der Waals surface area contributed by atoms with E-state index < -0.39 is 0 Å². The number of Topliss-reactive ketones (excluding diaryl/α,β-unsaturated/α-hetero) is 1. The molecule has 90 valence electrons. The number of aryl methyl sites for hydroxylation is 1. The van der Waals surface area contributed by atoms with Crippen LogP contribution in [0.5, 0.6) is 0 Å². The molecule has 0 radical (unpaired) electrons. The van der Waals surface area contributed by atoms with E-state index in [1.165, 1.54) is 16.7 Å². The maximum Gasteiger partial charge on any atom is 0.137 e. The zero-order chi connectivity index (χ0) is 12.1. The lowest BCUT2D eigenvalue weighted by Crippen LogP contribution is -2.13. The topological polar surface area (TPSA) is 29.1 Å². The van der Waals surface area contributed by atoms with Crippen LogP contribution in [0.3, 0.4) is 0 Å². The molecule has 2 heteroatoms. The van der Waals surface area contributed by atoms with E-state index in [9.17, 15) is 4.79 Å². The van der Waals surface area contributed by atoms with Gasteiger partial charge in [-0.25, -0.2) is 0 Å². The molecule has 1 aromatic carbocycles. The van der Waals surface area contributed by atoms with Crippen LogP contribution in [0.2, 0.25) is 0 Å². The van der Waals surface area contributed by atoms with Crippen molar-refractivity contribution in [2.75, 3.05) is 13.6 Å². The first-order chi connectivity index (χ1) is 8.29. The number of carbonyl (C=O) groups excluding carboxylic acids is 1. The van der Waals surface area contributed by atoms with Crippen molar-refractivity contribution in [1.29, 1.82) is 0 Å². The molecule has 0 bridgehead atoms. The van der Waals surface area contributed by atoms with Crippen LogP contribution in [0.25, 0.3) is 6.08 Å². The molecular formula is C15H19NO. The van der Waals surface area contributed by atoms with E-state index in [0.717, 1.165) is 19.4 Å². The second-order valence-electron chi connectivity index (χ2n) is 4.54. The second kappa shape index (κ2) is 5.78. The number of hydrogen-bond acceptors (Lipinski definition) is 2. The average molecular weight is 229 g/mol. The van der Waals surface area contributed by atoms with Crippen LogP contribution in [0.1, 0.15) is 29.5 Å². The Bertz CT molecular complexity index is 435. The number of ketones is 1.